The second-order valence-corrected chi connectivity index (χ2v) is 9.33. The molecule has 0 aliphatic heterocycles. The van der Waals surface area contributed by atoms with E-state index in [1.165, 1.54) is 12.2 Å². The molecule has 0 radical (unpaired) electrons. The van der Waals surface area contributed by atoms with Crippen LogP contribution in [0.25, 0.3) is 17.4 Å². The van der Waals surface area contributed by atoms with Crippen LogP contribution in [0, 0.1) is 0 Å². The molecule has 0 unspecified atom stereocenters. The highest BCUT2D eigenvalue weighted by Crippen LogP contribution is 2.31. The summed E-state index contributed by atoms with van der Waals surface area (Å²) in [5, 5.41) is 9.84. The van der Waals surface area contributed by atoms with Crippen LogP contribution in [0.15, 0.2) is 89.4 Å². The molecular formula is C27H18Cl3N3O3S. The van der Waals surface area contributed by atoms with Gasteiger partial charge in [0.2, 0.25) is 5.91 Å². The number of anilines is 2. The zero-order chi connectivity index (χ0) is 26.4. The molecule has 186 valence electrons. The van der Waals surface area contributed by atoms with Crippen molar-refractivity contribution in [2.24, 2.45) is 0 Å². The first kappa shape index (κ1) is 26.4. The Kier molecular flexibility index (Phi) is 8.63. The Labute approximate surface area is 233 Å². The van der Waals surface area contributed by atoms with Gasteiger partial charge in [0, 0.05) is 38.6 Å². The molecule has 37 heavy (non-hydrogen) atoms. The van der Waals surface area contributed by atoms with Crippen molar-refractivity contribution in [3.63, 3.8) is 0 Å². The molecular weight excluding hydrogens is 553 g/mol. The predicted octanol–water partition coefficient (Wildman–Crippen LogP) is 7.69. The van der Waals surface area contributed by atoms with Gasteiger partial charge in [0.1, 0.15) is 11.5 Å². The van der Waals surface area contributed by atoms with Gasteiger partial charge in [-0.15, -0.1) is 0 Å². The van der Waals surface area contributed by atoms with Gasteiger partial charge in [0.05, 0.1) is 5.02 Å². The zero-order valence-corrected chi connectivity index (χ0v) is 22.0. The second-order valence-electron chi connectivity index (χ2n) is 7.64. The topological polar surface area (TPSA) is 83.4 Å². The molecule has 0 saturated carbocycles. The molecule has 0 aliphatic carbocycles. The van der Waals surface area contributed by atoms with Crippen LogP contribution in [0.5, 0.6) is 0 Å². The fourth-order valence-electron chi connectivity index (χ4n) is 3.22. The minimum Gasteiger partial charge on any atom is -0.457 e. The lowest BCUT2D eigenvalue weighted by molar-refractivity contribution is -0.115. The third kappa shape index (κ3) is 7.44. The lowest BCUT2D eigenvalue weighted by Gasteiger charge is -2.10. The molecule has 0 spiro atoms. The second kappa shape index (κ2) is 12.1. The predicted molar refractivity (Wildman–Crippen MR) is 153 cm³/mol. The van der Waals surface area contributed by atoms with Crippen molar-refractivity contribution in [2.75, 3.05) is 10.6 Å². The molecule has 10 heteroatoms. The van der Waals surface area contributed by atoms with Crippen molar-refractivity contribution in [3.8, 4) is 11.3 Å². The van der Waals surface area contributed by atoms with E-state index in [4.69, 9.17) is 51.4 Å². The highest BCUT2D eigenvalue weighted by atomic mass is 35.5. The zero-order valence-electron chi connectivity index (χ0n) is 18.9. The number of carbonyl (C=O) groups is 2. The van der Waals surface area contributed by atoms with Gasteiger partial charge in [-0.2, -0.15) is 0 Å². The Bertz CT molecular complexity index is 1500. The van der Waals surface area contributed by atoms with Crippen molar-refractivity contribution < 1.29 is 14.0 Å². The summed E-state index contributed by atoms with van der Waals surface area (Å²) in [5.74, 6) is 0.291. The minimum atomic E-state index is -0.439. The van der Waals surface area contributed by atoms with Crippen molar-refractivity contribution >= 4 is 81.4 Å². The molecule has 3 aromatic carbocycles. The number of amides is 2. The van der Waals surface area contributed by atoms with E-state index in [2.05, 4.69) is 16.0 Å². The highest BCUT2D eigenvalue weighted by Gasteiger charge is 2.10. The average molecular weight is 571 g/mol. The van der Waals surface area contributed by atoms with Gasteiger partial charge in [-0.3, -0.25) is 14.9 Å². The number of thiocarbonyl (C=S) groups is 1. The molecule has 2 amide bonds. The summed E-state index contributed by atoms with van der Waals surface area (Å²) >= 11 is 23.3. The van der Waals surface area contributed by atoms with Crippen molar-refractivity contribution in [2.45, 2.75) is 0 Å². The molecule has 1 aromatic heterocycles. The van der Waals surface area contributed by atoms with E-state index in [1.807, 2.05) is 0 Å². The van der Waals surface area contributed by atoms with E-state index in [0.717, 1.165) is 0 Å². The van der Waals surface area contributed by atoms with Crippen LogP contribution in [0.2, 0.25) is 15.1 Å². The van der Waals surface area contributed by atoms with E-state index in [0.29, 0.717) is 49.1 Å². The number of halogens is 3. The van der Waals surface area contributed by atoms with Crippen molar-refractivity contribution in [3.05, 3.63) is 111 Å². The Balaban J connectivity index is 1.28. The number of hydrogen-bond acceptors (Lipinski definition) is 4. The maximum absolute atomic E-state index is 12.3. The molecule has 0 saturated heterocycles. The fraction of sp³-hybridized carbons (Fsp3) is 0. The van der Waals surface area contributed by atoms with Crippen LogP contribution in [0.1, 0.15) is 16.1 Å². The SMILES string of the molecule is O=C(/C=C/c1ccc(-c2ccc(Cl)cc2Cl)o1)NC(=S)Nc1ccc(NC(=O)c2cccc(Cl)c2)cc1. The summed E-state index contributed by atoms with van der Waals surface area (Å²) in [5.41, 5.74) is 2.36. The van der Waals surface area contributed by atoms with Gasteiger partial charge >= 0.3 is 0 Å². The van der Waals surface area contributed by atoms with Gasteiger partial charge < -0.3 is 15.1 Å². The standard InChI is InChI=1S/C27H18Cl3N3O3S/c28-17-3-1-2-16(14-17)26(35)31-19-5-7-20(8-6-19)32-27(37)33-25(34)13-10-21-9-12-24(36-21)22-11-4-18(29)15-23(22)30/h1-15H,(H,31,35)(H2,32,33,34,37)/b13-10+. The molecule has 0 atom stereocenters. The summed E-state index contributed by atoms with van der Waals surface area (Å²) in [6.45, 7) is 0. The number of furan rings is 1. The van der Waals surface area contributed by atoms with Crippen LogP contribution < -0.4 is 16.0 Å². The minimum absolute atomic E-state index is 0.110. The Morgan fingerprint density at radius 2 is 1.51 bits per heavy atom. The van der Waals surface area contributed by atoms with Gasteiger partial charge in [-0.25, -0.2) is 0 Å². The maximum Gasteiger partial charge on any atom is 0.255 e. The number of carbonyl (C=O) groups excluding carboxylic acids is 2. The van der Waals surface area contributed by atoms with Gasteiger partial charge in [-0.1, -0.05) is 40.9 Å². The van der Waals surface area contributed by atoms with Crippen LogP contribution in [0.3, 0.4) is 0 Å². The third-order valence-electron chi connectivity index (χ3n) is 4.95. The summed E-state index contributed by atoms with van der Waals surface area (Å²) in [4.78, 5) is 24.6. The number of rotatable bonds is 6. The highest BCUT2D eigenvalue weighted by molar-refractivity contribution is 7.80. The van der Waals surface area contributed by atoms with Crippen LogP contribution >= 0.6 is 47.0 Å². The van der Waals surface area contributed by atoms with Crippen molar-refractivity contribution in [1.29, 1.82) is 0 Å². The fourth-order valence-corrected chi connectivity index (χ4v) is 4.13. The van der Waals surface area contributed by atoms with E-state index < -0.39 is 5.91 Å². The van der Waals surface area contributed by atoms with Gasteiger partial charge in [-0.05, 0) is 91.1 Å². The largest absolute Gasteiger partial charge is 0.457 e. The lowest BCUT2D eigenvalue weighted by atomic mass is 10.2. The summed E-state index contributed by atoms with van der Waals surface area (Å²) < 4.78 is 5.73. The molecule has 0 aliphatic rings. The first-order chi connectivity index (χ1) is 17.8. The first-order valence-corrected chi connectivity index (χ1v) is 12.3. The van der Waals surface area contributed by atoms with E-state index >= 15 is 0 Å². The summed E-state index contributed by atoms with van der Waals surface area (Å²) in [7, 11) is 0. The normalized spacial score (nSPS) is 10.8. The van der Waals surface area contributed by atoms with Crippen LogP contribution in [0.4, 0.5) is 11.4 Å². The van der Waals surface area contributed by atoms with E-state index in [9.17, 15) is 9.59 Å². The van der Waals surface area contributed by atoms with E-state index in [-0.39, 0.29) is 11.0 Å². The number of hydrogen-bond donors (Lipinski definition) is 3. The number of nitrogens with one attached hydrogen (secondary N) is 3. The van der Waals surface area contributed by atoms with Crippen molar-refractivity contribution in [1.82, 2.24) is 5.32 Å². The molecule has 6 nitrogen and oxygen atoms in total. The molecule has 4 aromatic rings. The Hall–Kier alpha value is -3.62. The lowest BCUT2D eigenvalue weighted by Crippen LogP contribution is -2.32. The Morgan fingerprint density at radius 1 is 0.811 bits per heavy atom. The first-order valence-electron chi connectivity index (χ1n) is 10.8. The molecule has 1 heterocycles. The third-order valence-corrected chi connectivity index (χ3v) is 5.93. The van der Waals surface area contributed by atoms with Crippen LogP contribution in [-0.4, -0.2) is 16.9 Å². The summed E-state index contributed by atoms with van der Waals surface area (Å²) in [6.07, 6.45) is 2.82. The molecule has 0 bridgehead atoms. The summed E-state index contributed by atoms with van der Waals surface area (Å²) in [6, 6.07) is 22.1. The molecule has 3 N–H and O–H groups in total. The monoisotopic (exact) mass is 569 g/mol. The van der Waals surface area contributed by atoms with Crippen LogP contribution in [-0.2, 0) is 4.79 Å². The Morgan fingerprint density at radius 3 is 2.22 bits per heavy atom. The molecule has 4 rings (SSSR count). The van der Waals surface area contributed by atoms with E-state index in [1.54, 1.807) is 78.9 Å². The average Bonchev–Trinajstić information content (AvgIpc) is 3.32. The quantitative estimate of drug-likeness (QED) is 0.164. The maximum atomic E-state index is 12.3. The number of benzene rings is 3. The van der Waals surface area contributed by atoms with Gasteiger partial charge in [0.25, 0.3) is 5.91 Å². The molecule has 0 fully saturated rings. The van der Waals surface area contributed by atoms with Gasteiger partial charge in [0.15, 0.2) is 5.11 Å². The smallest absolute Gasteiger partial charge is 0.255 e.